The Kier molecular flexibility index (Phi) is 43.6. The maximum absolute atomic E-state index is 11.9. The van der Waals surface area contributed by atoms with Gasteiger partial charge in [0.05, 0.1) is 19.3 Å². The van der Waals surface area contributed by atoms with Gasteiger partial charge in [-0.1, -0.05) is 206 Å². The molecule has 0 aliphatic heterocycles. The van der Waals surface area contributed by atoms with Crippen molar-refractivity contribution in [3.05, 3.63) is 0 Å². The first kappa shape index (κ1) is 49.1. The molecule has 0 aromatic rings. The van der Waals surface area contributed by atoms with Crippen LogP contribution in [0.1, 0.15) is 226 Å². The van der Waals surface area contributed by atoms with Crippen LogP contribution in [0.2, 0.25) is 0 Å². The van der Waals surface area contributed by atoms with Gasteiger partial charge in [-0.05, 0) is 19.3 Å². The highest BCUT2D eigenvalue weighted by molar-refractivity contribution is 5.66. The van der Waals surface area contributed by atoms with E-state index in [1.807, 2.05) is 0 Å². The van der Waals surface area contributed by atoms with E-state index in [2.05, 4.69) is 19.2 Å². The van der Waals surface area contributed by atoms with Gasteiger partial charge >= 0.3 is 6.09 Å². The molecule has 0 aliphatic rings. The minimum Gasteiger partial charge on any atom is -0.447 e. The van der Waals surface area contributed by atoms with Crippen LogP contribution in [0.5, 0.6) is 0 Å². The number of unbranched alkanes of at least 4 members (excludes halogenated alkanes) is 30. The van der Waals surface area contributed by atoms with Crippen LogP contribution in [0.3, 0.4) is 0 Å². The predicted octanol–water partition coefficient (Wildman–Crippen LogP) is 13.7. The lowest BCUT2D eigenvalue weighted by molar-refractivity contribution is -0.0220. The molecule has 0 aliphatic carbocycles. The Morgan fingerprint density at radius 2 is 0.820 bits per heavy atom. The summed E-state index contributed by atoms with van der Waals surface area (Å²) in [6.07, 6.45) is 44.4. The first-order valence-corrected chi connectivity index (χ1v) is 22.3. The zero-order valence-electron chi connectivity index (χ0n) is 34.2. The number of amides is 1. The van der Waals surface area contributed by atoms with Gasteiger partial charge in [-0.25, -0.2) is 4.79 Å². The molecule has 1 N–H and O–H groups in total. The molecule has 0 aromatic carbocycles. The number of ether oxygens (including phenoxy) is 4. The Bertz CT molecular complexity index is 634. The van der Waals surface area contributed by atoms with Crippen molar-refractivity contribution in [1.82, 2.24) is 5.32 Å². The molecule has 0 radical (unpaired) electrons. The third-order valence-electron chi connectivity index (χ3n) is 10.1. The second-order valence-electron chi connectivity index (χ2n) is 15.0. The monoisotopic (exact) mass is 712 g/mol. The fraction of sp³-hybridized carbons (Fsp3) is 0.977. The van der Waals surface area contributed by atoms with Crippen molar-refractivity contribution in [2.75, 3.05) is 46.7 Å². The van der Waals surface area contributed by atoms with Gasteiger partial charge in [-0.3, -0.25) is 0 Å². The van der Waals surface area contributed by atoms with Gasteiger partial charge in [0.25, 0.3) is 0 Å². The van der Waals surface area contributed by atoms with Crippen molar-refractivity contribution in [3.8, 4) is 0 Å². The van der Waals surface area contributed by atoms with Crippen molar-refractivity contribution in [1.29, 1.82) is 0 Å². The van der Waals surface area contributed by atoms with E-state index in [4.69, 9.17) is 18.9 Å². The highest BCUT2D eigenvalue weighted by atomic mass is 16.6. The maximum atomic E-state index is 11.9. The molecule has 300 valence electrons. The number of carbonyl (C=O) groups excluding carboxylic acids is 1. The second-order valence-corrected chi connectivity index (χ2v) is 15.0. The number of nitrogens with one attached hydrogen (secondary N) is 1. The molecule has 0 fully saturated rings. The molecule has 0 saturated heterocycles. The normalized spacial score (nSPS) is 12.1. The largest absolute Gasteiger partial charge is 0.447 e. The number of alkyl carbamates (subject to hydrolysis) is 1. The fourth-order valence-electron chi connectivity index (χ4n) is 6.69. The van der Waals surface area contributed by atoms with Crippen molar-refractivity contribution in [3.63, 3.8) is 0 Å². The van der Waals surface area contributed by atoms with Gasteiger partial charge in [-0.2, -0.15) is 0 Å². The first-order chi connectivity index (χ1) is 24.7. The number of rotatable bonds is 43. The van der Waals surface area contributed by atoms with Crippen LogP contribution in [-0.2, 0) is 18.9 Å². The number of methoxy groups -OCH3 is 1. The van der Waals surface area contributed by atoms with Crippen LogP contribution >= 0.6 is 0 Å². The van der Waals surface area contributed by atoms with E-state index in [1.54, 1.807) is 7.11 Å². The topological polar surface area (TPSA) is 66.0 Å². The third-order valence-corrected chi connectivity index (χ3v) is 10.1. The second kappa shape index (κ2) is 44.3. The minimum absolute atomic E-state index is 0.00618. The number of hydrogen-bond donors (Lipinski definition) is 1. The van der Waals surface area contributed by atoms with Gasteiger partial charge in [0.1, 0.15) is 6.61 Å². The molecule has 0 heterocycles. The lowest BCUT2D eigenvalue weighted by Gasteiger charge is -2.18. The van der Waals surface area contributed by atoms with Crippen LogP contribution in [0, 0.1) is 0 Å². The molecule has 0 saturated carbocycles. The zero-order valence-corrected chi connectivity index (χ0v) is 34.2. The molecule has 50 heavy (non-hydrogen) atoms. The molecule has 1 atom stereocenters. The lowest BCUT2D eigenvalue weighted by atomic mass is 10.0. The van der Waals surface area contributed by atoms with Crippen LogP contribution < -0.4 is 5.32 Å². The highest BCUT2D eigenvalue weighted by Crippen LogP contribution is 2.15. The van der Waals surface area contributed by atoms with E-state index in [1.165, 1.54) is 193 Å². The molecule has 1 unspecified atom stereocenters. The summed E-state index contributed by atoms with van der Waals surface area (Å²) in [4.78, 5) is 11.9. The first-order valence-electron chi connectivity index (χ1n) is 22.3. The van der Waals surface area contributed by atoms with E-state index in [0.29, 0.717) is 19.8 Å². The Morgan fingerprint density at radius 3 is 1.20 bits per heavy atom. The Morgan fingerprint density at radius 1 is 0.460 bits per heavy atom. The summed E-state index contributed by atoms with van der Waals surface area (Å²) in [6, 6.07) is 0. The molecule has 6 nitrogen and oxygen atoms in total. The van der Waals surface area contributed by atoms with Crippen LogP contribution in [0.15, 0.2) is 0 Å². The molecule has 0 bridgehead atoms. The van der Waals surface area contributed by atoms with E-state index >= 15 is 0 Å². The molecular weight excluding hydrogens is 622 g/mol. The van der Waals surface area contributed by atoms with Gasteiger partial charge in [0.2, 0.25) is 0 Å². The minimum atomic E-state index is -0.396. The van der Waals surface area contributed by atoms with Gasteiger partial charge in [0, 0.05) is 26.9 Å². The Hall–Kier alpha value is -0.850. The van der Waals surface area contributed by atoms with E-state index in [9.17, 15) is 4.79 Å². The number of carbonyl (C=O) groups is 1. The van der Waals surface area contributed by atoms with Crippen LogP contribution in [-0.4, -0.2) is 58.9 Å². The smallest absolute Gasteiger partial charge is 0.407 e. The summed E-state index contributed by atoms with van der Waals surface area (Å²) in [5.41, 5.74) is 0. The summed E-state index contributed by atoms with van der Waals surface area (Å²) in [5.74, 6) is 0. The zero-order chi connectivity index (χ0) is 36.3. The summed E-state index contributed by atoms with van der Waals surface area (Å²) < 4.78 is 22.3. The van der Waals surface area contributed by atoms with Crippen LogP contribution in [0.4, 0.5) is 4.79 Å². The maximum Gasteiger partial charge on any atom is 0.407 e. The third kappa shape index (κ3) is 41.6. The average Bonchev–Trinajstić information content (AvgIpc) is 3.12. The SMILES string of the molecule is CCCCCCCCCCCCCCCCCCOCC(CCNC(=O)OCCOC)OCCCCCCCCCCCCCCCCCC. The predicted molar refractivity (Wildman–Crippen MR) is 215 cm³/mol. The fourth-order valence-corrected chi connectivity index (χ4v) is 6.69. The summed E-state index contributed by atoms with van der Waals surface area (Å²) >= 11 is 0. The standard InChI is InChI=1S/C44H89NO5/c1-4-6-8-10-12-14-16-18-20-22-24-26-28-30-32-34-38-48-42-43(36-37-45-44(46)50-41-40-47-3)49-39-35-33-31-29-27-25-23-21-19-17-15-13-11-9-7-5-2/h43H,4-42H2,1-3H3,(H,45,46). The van der Waals surface area contributed by atoms with Gasteiger partial charge in [0.15, 0.2) is 0 Å². The lowest BCUT2D eigenvalue weighted by Crippen LogP contribution is -2.31. The molecule has 0 spiro atoms. The van der Waals surface area contributed by atoms with Gasteiger partial charge in [-0.15, -0.1) is 0 Å². The van der Waals surface area contributed by atoms with Gasteiger partial charge < -0.3 is 24.3 Å². The molecule has 0 rings (SSSR count). The quantitative estimate of drug-likeness (QED) is 0.0638. The Balaban J connectivity index is 3.84. The molecular formula is C44H89NO5. The molecule has 6 heteroatoms. The van der Waals surface area contributed by atoms with Crippen molar-refractivity contribution in [2.45, 2.75) is 232 Å². The summed E-state index contributed by atoms with van der Waals surface area (Å²) in [6.45, 7) is 7.94. The highest BCUT2D eigenvalue weighted by Gasteiger charge is 2.11. The van der Waals surface area contributed by atoms with Crippen molar-refractivity contribution < 1.29 is 23.7 Å². The number of hydrogen-bond acceptors (Lipinski definition) is 5. The van der Waals surface area contributed by atoms with E-state index in [-0.39, 0.29) is 12.7 Å². The van der Waals surface area contributed by atoms with E-state index in [0.717, 1.165) is 32.5 Å². The van der Waals surface area contributed by atoms with Crippen LogP contribution in [0.25, 0.3) is 0 Å². The Labute approximate surface area is 313 Å². The van der Waals surface area contributed by atoms with Crippen molar-refractivity contribution >= 4 is 6.09 Å². The summed E-state index contributed by atoms with van der Waals surface area (Å²) in [7, 11) is 1.60. The molecule has 0 aromatic heterocycles. The average molecular weight is 712 g/mol. The van der Waals surface area contributed by atoms with E-state index < -0.39 is 6.09 Å². The molecule has 1 amide bonds. The summed E-state index contributed by atoms with van der Waals surface area (Å²) in [5, 5.41) is 2.84. The van der Waals surface area contributed by atoms with Crippen molar-refractivity contribution in [2.24, 2.45) is 0 Å².